The number of hydrogen-bond donors (Lipinski definition) is 0. The van der Waals surface area contributed by atoms with Gasteiger partial charge in [0.2, 0.25) is 0 Å². The maximum Gasteiger partial charge on any atom is 0.101 e. The summed E-state index contributed by atoms with van der Waals surface area (Å²) in [6.07, 6.45) is 0. The molecule has 0 aromatic heterocycles. The third-order valence-corrected chi connectivity index (χ3v) is 2.77. The van der Waals surface area contributed by atoms with Crippen molar-refractivity contribution in [3.05, 3.63) is 59.7 Å². The van der Waals surface area contributed by atoms with E-state index in [0.29, 0.717) is 11.1 Å². The standard InChI is InChI=1S/C15H11N3/c1-18(14-8-6-12(10-16)7-9-14)15-5-3-2-4-13(15)11-17/h2-9H,1H3. The zero-order valence-corrected chi connectivity index (χ0v) is 9.96. The Bertz CT molecular complexity index is 630. The molecule has 0 bridgehead atoms. The maximum absolute atomic E-state index is 9.08. The molecule has 86 valence electrons. The Morgan fingerprint density at radius 2 is 1.56 bits per heavy atom. The average Bonchev–Trinajstić information content (AvgIpc) is 2.46. The molecular weight excluding hydrogens is 222 g/mol. The van der Waals surface area contributed by atoms with Crippen molar-refractivity contribution in [3.63, 3.8) is 0 Å². The molecule has 2 aromatic carbocycles. The van der Waals surface area contributed by atoms with Gasteiger partial charge >= 0.3 is 0 Å². The number of para-hydroxylation sites is 1. The number of rotatable bonds is 2. The Morgan fingerprint density at radius 3 is 2.17 bits per heavy atom. The summed E-state index contributed by atoms with van der Waals surface area (Å²) in [5, 5.41) is 17.8. The van der Waals surface area contributed by atoms with Gasteiger partial charge in [0.25, 0.3) is 0 Å². The van der Waals surface area contributed by atoms with Gasteiger partial charge in [0.15, 0.2) is 0 Å². The molecule has 0 spiro atoms. The molecule has 0 aliphatic carbocycles. The molecule has 0 N–H and O–H groups in total. The van der Waals surface area contributed by atoms with Crippen LogP contribution >= 0.6 is 0 Å². The summed E-state index contributed by atoms with van der Waals surface area (Å²) in [5.74, 6) is 0. The third kappa shape index (κ3) is 2.16. The Morgan fingerprint density at radius 1 is 0.889 bits per heavy atom. The minimum atomic E-state index is 0.626. The Labute approximate surface area is 106 Å². The Balaban J connectivity index is 2.39. The first-order valence-corrected chi connectivity index (χ1v) is 5.49. The lowest BCUT2D eigenvalue weighted by molar-refractivity contribution is 1.20. The minimum Gasteiger partial charge on any atom is -0.344 e. The van der Waals surface area contributed by atoms with Crippen LogP contribution in [0.1, 0.15) is 11.1 Å². The van der Waals surface area contributed by atoms with Crippen molar-refractivity contribution in [1.82, 2.24) is 0 Å². The number of anilines is 2. The molecule has 0 aliphatic heterocycles. The molecule has 0 heterocycles. The van der Waals surface area contributed by atoms with Gasteiger partial charge in [-0.2, -0.15) is 10.5 Å². The molecule has 0 radical (unpaired) electrons. The zero-order chi connectivity index (χ0) is 13.0. The van der Waals surface area contributed by atoms with E-state index in [-0.39, 0.29) is 0 Å². The van der Waals surface area contributed by atoms with Gasteiger partial charge in [0.05, 0.1) is 22.9 Å². The van der Waals surface area contributed by atoms with E-state index in [0.717, 1.165) is 11.4 Å². The molecule has 2 rings (SSSR count). The second-order valence-corrected chi connectivity index (χ2v) is 3.85. The summed E-state index contributed by atoms with van der Waals surface area (Å²) in [6.45, 7) is 0. The van der Waals surface area contributed by atoms with Gasteiger partial charge in [-0.05, 0) is 36.4 Å². The lowest BCUT2D eigenvalue weighted by Crippen LogP contribution is -2.10. The molecule has 0 unspecified atom stereocenters. The SMILES string of the molecule is CN(c1ccc(C#N)cc1)c1ccccc1C#N. The van der Waals surface area contributed by atoms with Crippen molar-refractivity contribution in [2.75, 3.05) is 11.9 Å². The molecule has 0 amide bonds. The van der Waals surface area contributed by atoms with Crippen molar-refractivity contribution < 1.29 is 0 Å². The van der Waals surface area contributed by atoms with Crippen molar-refractivity contribution in [2.45, 2.75) is 0 Å². The van der Waals surface area contributed by atoms with Gasteiger partial charge < -0.3 is 4.90 Å². The number of hydrogen-bond acceptors (Lipinski definition) is 3. The molecule has 3 heteroatoms. The molecule has 18 heavy (non-hydrogen) atoms. The van der Waals surface area contributed by atoms with Crippen LogP contribution in [0.2, 0.25) is 0 Å². The predicted molar refractivity (Wildman–Crippen MR) is 70.4 cm³/mol. The zero-order valence-electron chi connectivity index (χ0n) is 9.96. The summed E-state index contributed by atoms with van der Waals surface area (Å²) < 4.78 is 0. The van der Waals surface area contributed by atoms with E-state index in [1.807, 2.05) is 42.3 Å². The topological polar surface area (TPSA) is 50.8 Å². The first-order valence-electron chi connectivity index (χ1n) is 5.49. The summed E-state index contributed by atoms with van der Waals surface area (Å²) in [6, 6.07) is 19.0. The number of nitriles is 2. The van der Waals surface area contributed by atoms with Gasteiger partial charge in [-0.25, -0.2) is 0 Å². The van der Waals surface area contributed by atoms with Crippen LogP contribution in [-0.4, -0.2) is 7.05 Å². The van der Waals surface area contributed by atoms with Crippen LogP contribution in [0.15, 0.2) is 48.5 Å². The van der Waals surface area contributed by atoms with Crippen LogP contribution in [0.4, 0.5) is 11.4 Å². The molecule has 0 fully saturated rings. The second-order valence-electron chi connectivity index (χ2n) is 3.85. The van der Waals surface area contributed by atoms with E-state index in [9.17, 15) is 0 Å². The fourth-order valence-corrected chi connectivity index (χ4v) is 1.76. The van der Waals surface area contributed by atoms with Crippen LogP contribution in [0.25, 0.3) is 0 Å². The van der Waals surface area contributed by atoms with E-state index < -0.39 is 0 Å². The van der Waals surface area contributed by atoms with Gasteiger partial charge in [-0.3, -0.25) is 0 Å². The molecule has 0 saturated heterocycles. The fourth-order valence-electron chi connectivity index (χ4n) is 1.76. The molecular formula is C15H11N3. The van der Waals surface area contributed by atoms with Crippen molar-refractivity contribution in [3.8, 4) is 12.1 Å². The first-order chi connectivity index (χ1) is 8.76. The van der Waals surface area contributed by atoms with Crippen LogP contribution < -0.4 is 4.90 Å². The highest BCUT2D eigenvalue weighted by Crippen LogP contribution is 2.26. The summed E-state index contributed by atoms with van der Waals surface area (Å²) in [7, 11) is 1.90. The lowest BCUT2D eigenvalue weighted by Gasteiger charge is -2.20. The van der Waals surface area contributed by atoms with E-state index in [1.165, 1.54) is 0 Å². The molecule has 3 nitrogen and oxygen atoms in total. The van der Waals surface area contributed by atoms with E-state index in [1.54, 1.807) is 18.2 Å². The highest BCUT2D eigenvalue weighted by Gasteiger charge is 2.08. The summed E-state index contributed by atoms with van der Waals surface area (Å²) >= 11 is 0. The Kier molecular flexibility index (Phi) is 3.27. The van der Waals surface area contributed by atoms with E-state index >= 15 is 0 Å². The van der Waals surface area contributed by atoms with E-state index in [2.05, 4.69) is 12.1 Å². The quantitative estimate of drug-likeness (QED) is 0.800. The normalized spacial score (nSPS) is 9.28. The molecule has 0 aliphatic rings. The highest BCUT2D eigenvalue weighted by atomic mass is 15.1. The van der Waals surface area contributed by atoms with Gasteiger partial charge in [0, 0.05) is 12.7 Å². The van der Waals surface area contributed by atoms with Crippen LogP contribution in [0, 0.1) is 22.7 Å². The molecule has 0 atom stereocenters. The highest BCUT2D eigenvalue weighted by molar-refractivity contribution is 5.68. The van der Waals surface area contributed by atoms with Crippen molar-refractivity contribution in [2.24, 2.45) is 0 Å². The fraction of sp³-hybridized carbons (Fsp3) is 0.0667. The van der Waals surface area contributed by atoms with Gasteiger partial charge in [-0.1, -0.05) is 12.1 Å². The third-order valence-electron chi connectivity index (χ3n) is 2.77. The number of nitrogens with zero attached hydrogens (tertiary/aromatic N) is 3. The average molecular weight is 233 g/mol. The minimum absolute atomic E-state index is 0.626. The van der Waals surface area contributed by atoms with Crippen LogP contribution in [0.3, 0.4) is 0 Å². The van der Waals surface area contributed by atoms with Crippen molar-refractivity contribution >= 4 is 11.4 Å². The Hall–Kier alpha value is -2.78. The van der Waals surface area contributed by atoms with Crippen LogP contribution in [0.5, 0.6) is 0 Å². The largest absolute Gasteiger partial charge is 0.344 e. The summed E-state index contributed by atoms with van der Waals surface area (Å²) in [5.41, 5.74) is 3.05. The molecule has 0 saturated carbocycles. The smallest absolute Gasteiger partial charge is 0.101 e. The molecule has 2 aromatic rings. The number of benzene rings is 2. The maximum atomic E-state index is 9.08. The lowest BCUT2D eigenvalue weighted by atomic mass is 10.1. The van der Waals surface area contributed by atoms with Gasteiger partial charge in [0.1, 0.15) is 6.07 Å². The van der Waals surface area contributed by atoms with Gasteiger partial charge in [-0.15, -0.1) is 0 Å². The monoisotopic (exact) mass is 233 g/mol. The first kappa shape index (κ1) is 11.7. The van der Waals surface area contributed by atoms with E-state index in [4.69, 9.17) is 10.5 Å². The van der Waals surface area contributed by atoms with Crippen molar-refractivity contribution in [1.29, 1.82) is 10.5 Å². The predicted octanol–water partition coefficient (Wildman–Crippen LogP) is 3.20. The summed E-state index contributed by atoms with van der Waals surface area (Å²) in [4.78, 5) is 1.93. The second kappa shape index (κ2) is 5.03. The van der Waals surface area contributed by atoms with Crippen LogP contribution in [-0.2, 0) is 0 Å².